The van der Waals surface area contributed by atoms with Gasteiger partial charge in [0.15, 0.2) is 0 Å². The van der Waals surface area contributed by atoms with Crippen molar-refractivity contribution in [2.75, 3.05) is 46.0 Å². The summed E-state index contributed by atoms with van der Waals surface area (Å²) in [5.74, 6) is -0.195. The van der Waals surface area contributed by atoms with Crippen molar-refractivity contribution in [2.45, 2.75) is 20.3 Å². The molecule has 0 spiro atoms. The van der Waals surface area contributed by atoms with Crippen LogP contribution in [0.15, 0.2) is 29.3 Å². The third-order valence-corrected chi connectivity index (χ3v) is 3.77. The summed E-state index contributed by atoms with van der Waals surface area (Å²) in [5, 5.41) is 2.76. The van der Waals surface area contributed by atoms with Crippen molar-refractivity contribution in [3.05, 3.63) is 35.4 Å². The molecular weight excluding hydrogens is 306 g/mol. The molecule has 1 fully saturated rings. The number of ether oxygens (including phenoxy) is 2. The van der Waals surface area contributed by atoms with E-state index in [0.717, 1.165) is 44.8 Å². The number of aliphatic imine (C=N–C) groups is 1. The monoisotopic (exact) mass is 333 g/mol. The van der Waals surface area contributed by atoms with Crippen LogP contribution in [0.5, 0.6) is 0 Å². The number of rotatable bonds is 6. The number of morpholine rings is 1. The maximum absolute atomic E-state index is 12.3. The third-order valence-electron chi connectivity index (χ3n) is 3.77. The number of amides is 1. The lowest BCUT2D eigenvalue weighted by Crippen LogP contribution is -2.37. The van der Waals surface area contributed by atoms with E-state index in [1.807, 2.05) is 32.0 Å². The van der Waals surface area contributed by atoms with E-state index in [0.29, 0.717) is 24.7 Å². The lowest BCUT2D eigenvalue weighted by atomic mass is 10.1. The summed E-state index contributed by atoms with van der Waals surface area (Å²) in [7, 11) is 0. The fourth-order valence-corrected chi connectivity index (χ4v) is 2.51. The minimum Gasteiger partial charge on any atom is -0.465 e. The number of amidine groups is 1. The molecule has 0 aliphatic carbocycles. The van der Waals surface area contributed by atoms with Crippen LogP contribution in [-0.2, 0) is 9.47 Å². The number of nitrogens with zero attached hydrogens (tertiary/aromatic N) is 2. The first kappa shape index (κ1) is 18.4. The minimum absolute atomic E-state index is 0.195. The summed E-state index contributed by atoms with van der Waals surface area (Å²) >= 11 is 0. The molecule has 1 N–H and O–H groups in total. The molecule has 1 aliphatic heterocycles. The SMILES string of the molecule is CCOC(=NCCCN1CCOCC1)NC(=O)c1cccc(C)c1. The Balaban J connectivity index is 1.82. The highest BCUT2D eigenvalue weighted by Crippen LogP contribution is 2.04. The Bertz CT molecular complexity index is 554. The molecule has 6 heteroatoms. The largest absolute Gasteiger partial charge is 0.465 e. The van der Waals surface area contributed by atoms with Gasteiger partial charge in [-0.3, -0.25) is 15.0 Å². The van der Waals surface area contributed by atoms with Crippen LogP contribution in [0.25, 0.3) is 0 Å². The molecule has 0 unspecified atom stereocenters. The fraction of sp³-hybridized carbons (Fsp3) is 0.556. The second-order valence-corrected chi connectivity index (χ2v) is 5.75. The van der Waals surface area contributed by atoms with Gasteiger partial charge in [-0.15, -0.1) is 0 Å². The first-order valence-electron chi connectivity index (χ1n) is 8.54. The van der Waals surface area contributed by atoms with Gasteiger partial charge in [0.05, 0.1) is 19.8 Å². The van der Waals surface area contributed by atoms with E-state index in [4.69, 9.17) is 9.47 Å². The van der Waals surface area contributed by atoms with Crippen LogP contribution in [0.1, 0.15) is 29.3 Å². The number of carbonyl (C=O) groups is 1. The molecule has 0 bridgehead atoms. The minimum atomic E-state index is -0.195. The maximum atomic E-state index is 12.3. The predicted octanol–water partition coefficient (Wildman–Crippen LogP) is 1.84. The quantitative estimate of drug-likeness (QED) is 0.490. The first-order chi connectivity index (χ1) is 11.7. The molecular formula is C18H27N3O3. The molecule has 1 aromatic carbocycles. The van der Waals surface area contributed by atoms with Crippen LogP contribution in [-0.4, -0.2) is 62.8 Å². The molecule has 1 heterocycles. The van der Waals surface area contributed by atoms with Gasteiger partial charge in [0.25, 0.3) is 11.9 Å². The van der Waals surface area contributed by atoms with Crippen LogP contribution in [0.2, 0.25) is 0 Å². The standard InChI is InChI=1S/C18H27N3O3/c1-3-24-18(19-8-5-9-21-10-12-23-13-11-21)20-17(22)16-7-4-6-15(2)14-16/h4,6-7,14H,3,5,8-13H2,1-2H3,(H,19,20,22). The number of aryl methyl sites for hydroxylation is 1. The molecule has 1 saturated heterocycles. The Labute approximate surface area is 143 Å². The number of hydrogen-bond donors (Lipinski definition) is 1. The zero-order valence-electron chi connectivity index (χ0n) is 14.6. The first-order valence-corrected chi connectivity index (χ1v) is 8.54. The van der Waals surface area contributed by atoms with Crippen molar-refractivity contribution in [1.29, 1.82) is 0 Å². The number of hydrogen-bond acceptors (Lipinski definition) is 5. The van der Waals surface area contributed by atoms with Crippen molar-refractivity contribution in [2.24, 2.45) is 4.99 Å². The van der Waals surface area contributed by atoms with Crippen molar-refractivity contribution in [3.8, 4) is 0 Å². The van der Waals surface area contributed by atoms with Gasteiger partial charge in [0.2, 0.25) is 0 Å². The maximum Gasteiger partial charge on any atom is 0.291 e. The zero-order valence-corrected chi connectivity index (χ0v) is 14.6. The summed E-state index contributed by atoms with van der Waals surface area (Å²) in [4.78, 5) is 19.0. The van der Waals surface area contributed by atoms with Crippen molar-refractivity contribution in [1.82, 2.24) is 10.2 Å². The molecule has 0 radical (unpaired) electrons. The van der Waals surface area contributed by atoms with Crippen LogP contribution in [0.3, 0.4) is 0 Å². The molecule has 1 aliphatic rings. The normalized spacial score (nSPS) is 16.0. The second-order valence-electron chi connectivity index (χ2n) is 5.75. The fourth-order valence-electron chi connectivity index (χ4n) is 2.51. The molecule has 1 amide bonds. The van der Waals surface area contributed by atoms with Gasteiger partial charge in [0.1, 0.15) is 0 Å². The lowest BCUT2D eigenvalue weighted by Gasteiger charge is -2.26. The van der Waals surface area contributed by atoms with Gasteiger partial charge in [-0.05, 0) is 32.4 Å². The molecule has 2 rings (SSSR count). The van der Waals surface area contributed by atoms with E-state index in [-0.39, 0.29) is 5.91 Å². The van der Waals surface area contributed by atoms with Gasteiger partial charge in [0, 0.05) is 31.7 Å². The average Bonchev–Trinajstić information content (AvgIpc) is 2.59. The molecule has 6 nitrogen and oxygen atoms in total. The van der Waals surface area contributed by atoms with Gasteiger partial charge in [-0.2, -0.15) is 0 Å². The Morgan fingerprint density at radius 1 is 1.38 bits per heavy atom. The van der Waals surface area contributed by atoms with E-state index in [1.165, 1.54) is 0 Å². The summed E-state index contributed by atoms with van der Waals surface area (Å²) < 4.78 is 10.8. The van der Waals surface area contributed by atoms with E-state index in [1.54, 1.807) is 6.07 Å². The van der Waals surface area contributed by atoms with E-state index in [9.17, 15) is 4.79 Å². The summed E-state index contributed by atoms with van der Waals surface area (Å²) in [6, 6.07) is 7.75. The van der Waals surface area contributed by atoms with Crippen LogP contribution >= 0.6 is 0 Å². The highest BCUT2D eigenvalue weighted by molar-refractivity contribution is 6.04. The summed E-state index contributed by atoms with van der Waals surface area (Å²) in [5.41, 5.74) is 1.65. The Kier molecular flexibility index (Phi) is 7.71. The van der Waals surface area contributed by atoms with Crippen LogP contribution in [0.4, 0.5) is 0 Å². The second kappa shape index (κ2) is 10.1. The summed E-state index contributed by atoms with van der Waals surface area (Å²) in [6.45, 7) is 9.48. The lowest BCUT2D eigenvalue weighted by molar-refractivity contribution is 0.0377. The summed E-state index contributed by atoms with van der Waals surface area (Å²) in [6.07, 6.45) is 0.927. The van der Waals surface area contributed by atoms with Crippen molar-refractivity contribution < 1.29 is 14.3 Å². The number of carbonyl (C=O) groups excluding carboxylic acids is 1. The number of nitrogens with one attached hydrogen (secondary N) is 1. The Morgan fingerprint density at radius 2 is 2.17 bits per heavy atom. The van der Waals surface area contributed by atoms with E-state index in [2.05, 4.69) is 15.2 Å². The molecule has 132 valence electrons. The highest BCUT2D eigenvalue weighted by Gasteiger charge is 2.11. The Hall–Kier alpha value is -1.92. The van der Waals surface area contributed by atoms with Crippen LogP contribution in [0, 0.1) is 6.92 Å². The molecule has 0 aromatic heterocycles. The van der Waals surface area contributed by atoms with Crippen molar-refractivity contribution >= 4 is 11.9 Å². The molecule has 24 heavy (non-hydrogen) atoms. The molecule has 0 saturated carbocycles. The number of benzene rings is 1. The van der Waals surface area contributed by atoms with Gasteiger partial charge < -0.3 is 9.47 Å². The van der Waals surface area contributed by atoms with Gasteiger partial charge in [-0.1, -0.05) is 17.7 Å². The predicted molar refractivity (Wildman–Crippen MR) is 94.4 cm³/mol. The van der Waals surface area contributed by atoms with E-state index >= 15 is 0 Å². The Morgan fingerprint density at radius 3 is 2.88 bits per heavy atom. The van der Waals surface area contributed by atoms with Crippen molar-refractivity contribution in [3.63, 3.8) is 0 Å². The van der Waals surface area contributed by atoms with E-state index < -0.39 is 0 Å². The molecule has 1 aromatic rings. The molecule has 0 atom stereocenters. The zero-order chi connectivity index (χ0) is 17.2. The third kappa shape index (κ3) is 6.29. The van der Waals surface area contributed by atoms with Gasteiger partial charge >= 0.3 is 0 Å². The van der Waals surface area contributed by atoms with Gasteiger partial charge in [-0.25, -0.2) is 4.99 Å². The topological polar surface area (TPSA) is 63.2 Å². The average molecular weight is 333 g/mol. The van der Waals surface area contributed by atoms with Crippen LogP contribution < -0.4 is 5.32 Å². The highest BCUT2D eigenvalue weighted by atomic mass is 16.5. The smallest absolute Gasteiger partial charge is 0.291 e.